The molecule has 0 atom stereocenters. The van der Waals surface area contributed by atoms with Crippen molar-refractivity contribution in [2.24, 2.45) is 0 Å². The van der Waals surface area contributed by atoms with Gasteiger partial charge in [-0.05, 0) is 50.1 Å². The number of benzene rings is 1. The van der Waals surface area contributed by atoms with Crippen molar-refractivity contribution in [3.8, 4) is 0 Å². The van der Waals surface area contributed by atoms with E-state index < -0.39 is 0 Å². The Labute approximate surface area is 113 Å². The summed E-state index contributed by atoms with van der Waals surface area (Å²) in [5, 5.41) is 6.17. The minimum absolute atomic E-state index is 0.853. The molecule has 3 heteroatoms. The first kappa shape index (κ1) is 12.1. The van der Waals surface area contributed by atoms with Crippen LogP contribution in [-0.4, -0.2) is 23.3 Å². The van der Waals surface area contributed by atoms with Crippen LogP contribution in [0.5, 0.6) is 0 Å². The molecule has 2 aromatic rings. The summed E-state index contributed by atoms with van der Waals surface area (Å²) < 4.78 is 0. The molecule has 1 aliphatic carbocycles. The Bertz CT molecular complexity index is 469. The van der Waals surface area contributed by atoms with Crippen LogP contribution in [0.1, 0.15) is 25.7 Å². The molecule has 0 radical (unpaired) electrons. The zero-order valence-electron chi connectivity index (χ0n) is 10.6. The highest BCUT2D eigenvalue weighted by molar-refractivity contribution is 7.99. The number of aromatic amines is 1. The maximum absolute atomic E-state index is 3.56. The standard InChI is InChI=1S/C15H20N2S/c1-2-6-14-12(5-1)11-15(17-14)18-10-4-3-9-16-13-7-8-13/h1-2,5-6,11,13,16-17H,3-4,7-10H2. The van der Waals surface area contributed by atoms with Crippen LogP contribution in [0.25, 0.3) is 10.9 Å². The average Bonchev–Trinajstić information content (AvgIpc) is 3.11. The van der Waals surface area contributed by atoms with Gasteiger partial charge in [-0.3, -0.25) is 0 Å². The zero-order chi connectivity index (χ0) is 12.2. The molecule has 0 amide bonds. The summed E-state index contributed by atoms with van der Waals surface area (Å²) >= 11 is 1.94. The topological polar surface area (TPSA) is 27.8 Å². The van der Waals surface area contributed by atoms with Crippen molar-refractivity contribution in [3.63, 3.8) is 0 Å². The zero-order valence-corrected chi connectivity index (χ0v) is 11.4. The molecule has 0 saturated heterocycles. The summed E-state index contributed by atoms with van der Waals surface area (Å²) in [6, 6.07) is 11.6. The van der Waals surface area contributed by atoms with Gasteiger partial charge in [-0.15, -0.1) is 11.8 Å². The van der Waals surface area contributed by atoms with Crippen molar-refractivity contribution < 1.29 is 0 Å². The number of unbranched alkanes of at least 4 members (excludes halogenated alkanes) is 1. The predicted octanol–water partition coefficient (Wildman–Crippen LogP) is 3.79. The SMILES string of the molecule is c1ccc2[nH]c(SCCCCNC3CC3)cc2c1. The second-order valence-electron chi connectivity index (χ2n) is 5.00. The van der Waals surface area contributed by atoms with E-state index in [0.717, 1.165) is 6.04 Å². The number of para-hydroxylation sites is 1. The minimum Gasteiger partial charge on any atom is -0.350 e. The Hall–Kier alpha value is -0.930. The van der Waals surface area contributed by atoms with Gasteiger partial charge in [0.05, 0.1) is 5.03 Å². The first-order chi connectivity index (χ1) is 8.92. The number of hydrogen-bond acceptors (Lipinski definition) is 2. The van der Waals surface area contributed by atoms with Crippen molar-refractivity contribution in [2.45, 2.75) is 36.8 Å². The molecule has 1 aliphatic rings. The Morgan fingerprint density at radius 3 is 2.94 bits per heavy atom. The molecule has 2 nitrogen and oxygen atoms in total. The quantitative estimate of drug-likeness (QED) is 0.585. The van der Waals surface area contributed by atoms with Crippen LogP contribution in [0.2, 0.25) is 0 Å². The number of nitrogens with one attached hydrogen (secondary N) is 2. The van der Waals surface area contributed by atoms with E-state index in [0.29, 0.717) is 0 Å². The van der Waals surface area contributed by atoms with Gasteiger partial charge in [-0.2, -0.15) is 0 Å². The van der Waals surface area contributed by atoms with E-state index in [4.69, 9.17) is 0 Å². The van der Waals surface area contributed by atoms with E-state index in [1.807, 2.05) is 11.8 Å². The van der Waals surface area contributed by atoms with E-state index in [9.17, 15) is 0 Å². The third-order valence-electron chi connectivity index (χ3n) is 3.34. The molecule has 1 heterocycles. The summed E-state index contributed by atoms with van der Waals surface area (Å²) in [5.74, 6) is 1.21. The molecule has 1 aromatic carbocycles. The third kappa shape index (κ3) is 3.30. The van der Waals surface area contributed by atoms with Crippen molar-refractivity contribution in [3.05, 3.63) is 30.3 Å². The summed E-state index contributed by atoms with van der Waals surface area (Å²) in [7, 11) is 0. The fourth-order valence-electron chi connectivity index (χ4n) is 2.13. The van der Waals surface area contributed by atoms with Gasteiger partial charge in [0.25, 0.3) is 0 Å². The van der Waals surface area contributed by atoms with Crippen molar-refractivity contribution in [2.75, 3.05) is 12.3 Å². The van der Waals surface area contributed by atoms with E-state index >= 15 is 0 Å². The Morgan fingerprint density at radius 1 is 1.22 bits per heavy atom. The lowest BCUT2D eigenvalue weighted by atomic mass is 10.3. The molecule has 0 aliphatic heterocycles. The lowest BCUT2D eigenvalue weighted by molar-refractivity contribution is 0.640. The van der Waals surface area contributed by atoms with E-state index in [-0.39, 0.29) is 0 Å². The lowest BCUT2D eigenvalue weighted by Crippen LogP contribution is -2.17. The van der Waals surface area contributed by atoms with E-state index in [2.05, 4.69) is 40.6 Å². The summed E-state index contributed by atoms with van der Waals surface area (Å²) in [4.78, 5) is 3.46. The smallest absolute Gasteiger partial charge is 0.0732 e. The minimum atomic E-state index is 0.853. The van der Waals surface area contributed by atoms with Gasteiger partial charge in [-0.25, -0.2) is 0 Å². The van der Waals surface area contributed by atoms with Crippen LogP contribution in [-0.2, 0) is 0 Å². The second-order valence-corrected chi connectivity index (χ2v) is 6.14. The number of aromatic nitrogens is 1. The van der Waals surface area contributed by atoms with Crippen LogP contribution in [0.3, 0.4) is 0 Å². The maximum atomic E-state index is 3.56. The summed E-state index contributed by atoms with van der Waals surface area (Å²) in [6.45, 7) is 1.19. The fraction of sp³-hybridized carbons (Fsp3) is 0.467. The van der Waals surface area contributed by atoms with Gasteiger partial charge in [-0.1, -0.05) is 18.2 Å². The number of fused-ring (bicyclic) bond motifs is 1. The highest BCUT2D eigenvalue weighted by Crippen LogP contribution is 2.24. The van der Waals surface area contributed by atoms with Crippen LogP contribution in [0.15, 0.2) is 35.4 Å². The number of thioether (sulfide) groups is 1. The molecular weight excluding hydrogens is 240 g/mol. The maximum Gasteiger partial charge on any atom is 0.0732 e. The van der Waals surface area contributed by atoms with Gasteiger partial charge in [0, 0.05) is 16.9 Å². The molecule has 2 N–H and O–H groups in total. The van der Waals surface area contributed by atoms with Crippen molar-refractivity contribution >= 4 is 22.7 Å². The van der Waals surface area contributed by atoms with E-state index in [1.54, 1.807) is 0 Å². The Kier molecular flexibility index (Phi) is 3.91. The molecule has 1 aromatic heterocycles. The number of H-pyrrole nitrogens is 1. The first-order valence-electron chi connectivity index (χ1n) is 6.86. The molecule has 3 rings (SSSR count). The van der Waals surface area contributed by atoms with Crippen LogP contribution in [0.4, 0.5) is 0 Å². The molecule has 1 fully saturated rings. The average molecular weight is 260 g/mol. The molecule has 0 bridgehead atoms. The lowest BCUT2D eigenvalue weighted by Gasteiger charge is -2.01. The Morgan fingerprint density at radius 2 is 2.11 bits per heavy atom. The molecular formula is C15H20N2S. The molecule has 0 unspecified atom stereocenters. The van der Waals surface area contributed by atoms with Gasteiger partial charge in [0.1, 0.15) is 0 Å². The normalized spacial score (nSPS) is 15.3. The third-order valence-corrected chi connectivity index (χ3v) is 4.37. The molecule has 18 heavy (non-hydrogen) atoms. The summed E-state index contributed by atoms with van der Waals surface area (Å²) in [5.41, 5.74) is 1.25. The van der Waals surface area contributed by atoms with Crippen molar-refractivity contribution in [1.29, 1.82) is 0 Å². The molecule has 1 saturated carbocycles. The van der Waals surface area contributed by atoms with Crippen LogP contribution >= 0.6 is 11.8 Å². The molecule has 0 spiro atoms. The number of hydrogen-bond donors (Lipinski definition) is 2. The predicted molar refractivity (Wildman–Crippen MR) is 79.3 cm³/mol. The van der Waals surface area contributed by atoms with Gasteiger partial charge in [0.15, 0.2) is 0 Å². The van der Waals surface area contributed by atoms with Crippen LogP contribution in [0, 0.1) is 0 Å². The van der Waals surface area contributed by atoms with E-state index in [1.165, 1.54) is 53.9 Å². The van der Waals surface area contributed by atoms with Gasteiger partial charge >= 0.3 is 0 Å². The first-order valence-corrected chi connectivity index (χ1v) is 7.84. The Balaban J connectivity index is 1.39. The van der Waals surface area contributed by atoms with Gasteiger partial charge < -0.3 is 10.3 Å². The second kappa shape index (κ2) is 5.81. The number of rotatable bonds is 7. The summed E-state index contributed by atoms with van der Waals surface area (Å²) in [6.07, 6.45) is 5.37. The highest BCUT2D eigenvalue weighted by atomic mass is 32.2. The van der Waals surface area contributed by atoms with Crippen LogP contribution < -0.4 is 5.32 Å². The van der Waals surface area contributed by atoms with Crippen molar-refractivity contribution in [1.82, 2.24) is 10.3 Å². The highest BCUT2D eigenvalue weighted by Gasteiger charge is 2.19. The fourth-order valence-corrected chi connectivity index (χ4v) is 3.09. The van der Waals surface area contributed by atoms with Gasteiger partial charge in [0.2, 0.25) is 0 Å². The monoisotopic (exact) mass is 260 g/mol. The largest absolute Gasteiger partial charge is 0.350 e. The molecule has 96 valence electrons.